The molecule has 0 saturated carbocycles. The molecule has 0 fully saturated rings. The monoisotopic (exact) mass is 467 g/mol. The number of hydrogen-bond donors (Lipinski definition) is 3. The van der Waals surface area contributed by atoms with Gasteiger partial charge < -0.3 is 16.0 Å². The fraction of sp³-hybridized carbons (Fsp3) is 0.231. The number of amides is 3. The summed E-state index contributed by atoms with van der Waals surface area (Å²) >= 11 is 0. The summed E-state index contributed by atoms with van der Waals surface area (Å²) in [6.07, 6.45) is -3.05. The zero-order valence-corrected chi connectivity index (χ0v) is 18.7. The number of rotatable bonds is 4. The number of nitrogens with one attached hydrogen (secondary N) is 3. The number of halogens is 3. The zero-order chi connectivity index (χ0) is 24.5. The largest absolute Gasteiger partial charge is 0.416 e. The third-order valence-corrected chi connectivity index (χ3v) is 5.98. The summed E-state index contributed by atoms with van der Waals surface area (Å²) in [4.78, 5) is 24.8. The molecule has 3 aromatic rings. The molecule has 1 aliphatic rings. The number of alkyl halides is 3. The van der Waals surface area contributed by atoms with E-state index in [4.69, 9.17) is 0 Å². The Hall–Kier alpha value is -3.81. The van der Waals surface area contributed by atoms with Gasteiger partial charge in [0.1, 0.15) is 0 Å². The lowest BCUT2D eigenvalue weighted by Gasteiger charge is -2.15. The molecule has 176 valence electrons. The van der Waals surface area contributed by atoms with E-state index in [0.29, 0.717) is 35.2 Å². The van der Waals surface area contributed by atoms with Crippen molar-refractivity contribution in [3.8, 4) is 11.1 Å². The summed E-state index contributed by atoms with van der Waals surface area (Å²) in [5.74, 6) is -0.350. The van der Waals surface area contributed by atoms with E-state index >= 15 is 0 Å². The van der Waals surface area contributed by atoms with Crippen LogP contribution < -0.4 is 16.0 Å². The number of benzene rings is 3. The van der Waals surface area contributed by atoms with Gasteiger partial charge in [-0.2, -0.15) is 13.2 Å². The van der Waals surface area contributed by atoms with Crippen molar-refractivity contribution in [1.29, 1.82) is 0 Å². The molecule has 8 heteroatoms. The molecule has 3 aromatic carbocycles. The molecule has 0 bridgehead atoms. The molecule has 0 aromatic heterocycles. The molecule has 3 amide bonds. The van der Waals surface area contributed by atoms with Crippen LogP contribution in [0.2, 0.25) is 0 Å². The second kappa shape index (κ2) is 9.21. The Kier molecular flexibility index (Phi) is 6.32. The van der Waals surface area contributed by atoms with Gasteiger partial charge in [-0.15, -0.1) is 0 Å². The van der Waals surface area contributed by atoms with Gasteiger partial charge in [0.15, 0.2) is 0 Å². The minimum absolute atomic E-state index is 0.0102. The standard InChI is InChI=1S/C26H24F3N3O2/c1-15-4-3-5-22(23(15)16-6-9-19(10-7-16)26(27,28)29)24(33)31-20-11-8-17-12-21(14-18(17)13-20)32-25(34)30-2/h3-11,13,21H,12,14H2,1-2H3,(H,31,33)(H2,30,32,34). The Labute approximate surface area is 195 Å². The van der Waals surface area contributed by atoms with Gasteiger partial charge in [0.05, 0.1) is 5.56 Å². The van der Waals surface area contributed by atoms with Crippen molar-refractivity contribution in [3.63, 3.8) is 0 Å². The number of carbonyl (C=O) groups is 2. The van der Waals surface area contributed by atoms with Crippen molar-refractivity contribution in [2.45, 2.75) is 32.0 Å². The van der Waals surface area contributed by atoms with Crippen LogP contribution in [-0.2, 0) is 19.0 Å². The highest BCUT2D eigenvalue weighted by Gasteiger charge is 2.30. The Morgan fingerprint density at radius 3 is 2.32 bits per heavy atom. The fourth-order valence-corrected chi connectivity index (χ4v) is 4.32. The maximum absolute atomic E-state index is 13.2. The van der Waals surface area contributed by atoms with Gasteiger partial charge in [0.2, 0.25) is 0 Å². The molecule has 5 nitrogen and oxygen atoms in total. The topological polar surface area (TPSA) is 70.2 Å². The minimum atomic E-state index is -4.42. The van der Waals surface area contributed by atoms with Gasteiger partial charge in [0.25, 0.3) is 5.91 Å². The summed E-state index contributed by atoms with van der Waals surface area (Å²) < 4.78 is 38.9. The van der Waals surface area contributed by atoms with E-state index in [1.807, 2.05) is 31.2 Å². The molecule has 0 spiro atoms. The van der Waals surface area contributed by atoms with Crippen LogP contribution >= 0.6 is 0 Å². The first kappa shape index (κ1) is 23.4. The van der Waals surface area contributed by atoms with E-state index in [9.17, 15) is 22.8 Å². The third kappa shape index (κ3) is 4.90. The van der Waals surface area contributed by atoms with Crippen molar-refractivity contribution in [3.05, 3.63) is 88.5 Å². The zero-order valence-electron chi connectivity index (χ0n) is 18.7. The highest BCUT2D eigenvalue weighted by molar-refractivity contribution is 6.09. The molecule has 1 unspecified atom stereocenters. The van der Waals surface area contributed by atoms with Crippen molar-refractivity contribution in [1.82, 2.24) is 10.6 Å². The predicted molar refractivity (Wildman–Crippen MR) is 125 cm³/mol. The van der Waals surface area contributed by atoms with Crippen molar-refractivity contribution in [2.75, 3.05) is 12.4 Å². The summed E-state index contributed by atoms with van der Waals surface area (Å²) in [5, 5.41) is 8.35. The van der Waals surface area contributed by atoms with E-state index in [2.05, 4.69) is 16.0 Å². The molecule has 0 aliphatic heterocycles. The van der Waals surface area contributed by atoms with Crippen LogP contribution in [-0.4, -0.2) is 25.0 Å². The van der Waals surface area contributed by atoms with Crippen molar-refractivity contribution < 1.29 is 22.8 Å². The van der Waals surface area contributed by atoms with E-state index in [1.54, 1.807) is 19.2 Å². The second-order valence-corrected chi connectivity index (χ2v) is 8.34. The molecule has 0 saturated heterocycles. The average molecular weight is 467 g/mol. The van der Waals surface area contributed by atoms with Crippen LogP contribution in [0.3, 0.4) is 0 Å². The highest BCUT2D eigenvalue weighted by Crippen LogP contribution is 2.33. The molecular formula is C26H24F3N3O2. The number of anilines is 1. The summed E-state index contributed by atoms with van der Waals surface area (Å²) in [7, 11) is 1.56. The quantitative estimate of drug-likeness (QED) is 0.486. The minimum Gasteiger partial charge on any atom is -0.341 e. The van der Waals surface area contributed by atoms with E-state index in [1.165, 1.54) is 12.1 Å². The lowest BCUT2D eigenvalue weighted by atomic mass is 9.93. The average Bonchev–Trinajstić information content (AvgIpc) is 3.19. The summed E-state index contributed by atoms with van der Waals surface area (Å²) in [6.45, 7) is 1.82. The number of fused-ring (bicyclic) bond motifs is 1. The maximum atomic E-state index is 13.2. The maximum Gasteiger partial charge on any atom is 0.416 e. The van der Waals surface area contributed by atoms with Crippen LogP contribution in [0.4, 0.5) is 23.7 Å². The SMILES string of the molecule is CNC(=O)NC1Cc2ccc(NC(=O)c3cccc(C)c3-c3ccc(C(F)(F)F)cc3)cc2C1. The fourth-order valence-electron chi connectivity index (χ4n) is 4.32. The van der Waals surface area contributed by atoms with Crippen LogP contribution in [0.25, 0.3) is 11.1 Å². The van der Waals surface area contributed by atoms with Crippen molar-refractivity contribution >= 4 is 17.6 Å². The van der Waals surface area contributed by atoms with Gasteiger partial charge >= 0.3 is 12.2 Å². The Balaban J connectivity index is 1.56. The lowest BCUT2D eigenvalue weighted by Crippen LogP contribution is -2.40. The van der Waals surface area contributed by atoms with Gasteiger partial charge in [-0.05, 0) is 77.9 Å². The third-order valence-electron chi connectivity index (χ3n) is 5.98. The Morgan fingerprint density at radius 2 is 1.65 bits per heavy atom. The first-order chi connectivity index (χ1) is 16.2. The van der Waals surface area contributed by atoms with E-state index in [0.717, 1.165) is 28.8 Å². The number of aryl methyl sites for hydroxylation is 1. The van der Waals surface area contributed by atoms with Crippen molar-refractivity contribution in [2.24, 2.45) is 0 Å². The number of hydrogen-bond acceptors (Lipinski definition) is 2. The highest BCUT2D eigenvalue weighted by atomic mass is 19.4. The molecule has 3 N–H and O–H groups in total. The van der Waals surface area contributed by atoms with Gasteiger partial charge in [0, 0.05) is 24.3 Å². The van der Waals surface area contributed by atoms with Gasteiger partial charge in [-0.1, -0.05) is 30.3 Å². The molecule has 1 atom stereocenters. The number of urea groups is 1. The predicted octanol–water partition coefficient (Wildman–Crippen LogP) is 5.33. The molecule has 0 heterocycles. The normalized spacial score (nSPS) is 14.9. The van der Waals surface area contributed by atoms with Gasteiger partial charge in [-0.3, -0.25) is 4.79 Å². The van der Waals surface area contributed by atoms with E-state index in [-0.39, 0.29) is 18.0 Å². The first-order valence-electron chi connectivity index (χ1n) is 10.8. The molecule has 4 rings (SSSR count). The second-order valence-electron chi connectivity index (χ2n) is 8.34. The smallest absolute Gasteiger partial charge is 0.341 e. The van der Waals surface area contributed by atoms with E-state index < -0.39 is 11.7 Å². The molecule has 0 radical (unpaired) electrons. The summed E-state index contributed by atoms with van der Waals surface area (Å²) in [5.41, 5.74) is 4.32. The van der Waals surface area contributed by atoms with Crippen LogP contribution in [0, 0.1) is 6.92 Å². The van der Waals surface area contributed by atoms with Crippen LogP contribution in [0.5, 0.6) is 0 Å². The number of carbonyl (C=O) groups excluding carboxylic acids is 2. The molecular weight excluding hydrogens is 443 g/mol. The molecule has 34 heavy (non-hydrogen) atoms. The Morgan fingerprint density at radius 1 is 0.941 bits per heavy atom. The lowest BCUT2D eigenvalue weighted by molar-refractivity contribution is -0.137. The van der Waals surface area contributed by atoms with Crippen LogP contribution in [0.15, 0.2) is 60.7 Å². The Bertz CT molecular complexity index is 1240. The first-order valence-corrected chi connectivity index (χ1v) is 10.8. The summed E-state index contributed by atoms with van der Waals surface area (Å²) in [6, 6.07) is 15.4. The molecule has 1 aliphatic carbocycles. The van der Waals surface area contributed by atoms with Crippen LogP contribution in [0.1, 0.15) is 32.6 Å². The van der Waals surface area contributed by atoms with Gasteiger partial charge in [-0.25, -0.2) is 4.79 Å².